The summed E-state index contributed by atoms with van der Waals surface area (Å²) in [6, 6.07) is 6.18. The lowest BCUT2D eigenvalue weighted by molar-refractivity contribution is 0.146. The number of hydrogen-bond acceptors (Lipinski definition) is 3. The van der Waals surface area contributed by atoms with E-state index < -0.39 is 6.10 Å². The Labute approximate surface area is 123 Å². The van der Waals surface area contributed by atoms with Crippen molar-refractivity contribution in [1.82, 2.24) is 19.7 Å². The van der Waals surface area contributed by atoms with Gasteiger partial charge in [0.2, 0.25) is 0 Å². The molecule has 21 heavy (non-hydrogen) atoms. The van der Waals surface area contributed by atoms with E-state index in [1.807, 2.05) is 19.1 Å². The van der Waals surface area contributed by atoms with Crippen LogP contribution in [0.2, 0.25) is 0 Å². The third-order valence-corrected chi connectivity index (χ3v) is 4.05. The van der Waals surface area contributed by atoms with Gasteiger partial charge >= 0.3 is 0 Å². The minimum Gasteiger partial charge on any atom is -0.391 e. The summed E-state index contributed by atoms with van der Waals surface area (Å²) in [4.78, 5) is 7.82. The number of fused-ring (bicyclic) bond motifs is 1. The lowest BCUT2D eigenvalue weighted by Gasteiger charge is -2.10. The van der Waals surface area contributed by atoms with Gasteiger partial charge < -0.3 is 10.1 Å². The number of H-pyrrole nitrogens is 1. The first-order valence-corrected chi connectivity index (χ1v) is 7.26. The Morgan fingerprint density at radius 2 is 2.14 bits per heavy atom. The smallest absolute Gasteiger partial charge is 0.160 e. The van der Waals surface area contributed by atoms with Crippen LogP contribution < -0.4 is 0 Å². The van der Waals surface area contributed by atoms with Crippen LogP contribution in [0.1, 0.15) is 24.6 Å². The fraction of sp³-hybridized carbons (Fsp3) is 0.375. The molecule has 5 heteroatoms. The molecule has 0 bridgehead atoms. The number of nitrogens with one attached hydrogen (secondary N) is 1. The largest absolute Gasteiger partial charge is 0.391 e. The molecule has 1 atom stereocenters. The zero-order valence-electron chi connectivity index (χ0n) is 12.6. The maximum atomic E-state index is 9.87. The number of nitrogens with zero attached hydrogens (tertiary/aromatic N) is 3. The minimum absolute atomic E-state index is 0.406. The van der Waals surface area contributed by atoms with Crippen molar-refractivity contribution in [2.75, 3.05) is 0 Å². The minimum atomic E-state index is -0.406. The summed E-state index contributed by atoms with van der Waals surface area (Å²) < 4.78 is 1.77. The topological polar surface area (TPSA) is 66.7 Å². The van der Waals surface area contributed by atoms with Crippen LogP contribution >= 0.6 is 0 Å². The van der Waals surface area contributed by atoms with Crippen LogP contribution in [0.4, 0.5) is 0 Å². The maximum Gasteiger partial charge on any atom is 0.160 e. The predicted octanol–water partition coefficient (Wildman–Crippen LogP) is 2.81. The van der Waals surface area contributed by atoms with Crippen LogP contribution in [0.5, 0.6) is 0 Å². The van der Waals surface area contributed by atoms with Gasteiger partial charge in [0, 0.05) is 16.6 Å². The highest BCUT2D eigenvalue weighted by Gasteiger charge is 2.15. The van der Waals surface area contributed by atoms with Crippen LogP contribution in [-0.2, 0) is 6.54 Å². The van der Waals surface area contributed by atoms with Gasteiger partial charge in [0.25, 0.3) is 0 Å². The van der Waals surface area contributed by atoms with Gasteiger partial charge in [0.15, 0.2) is 5.82 Å². The highest BCUT2D eigenvalue weighted by Crippen LogP contribution is 2.30. The SMILES string of the molecule is CC[C@H](O)Cn1ncnc1-c1cccc2c(C)c(C)[nH]c12. The van der Waals surface area contributed by atoms with E-state index in [0.29, 0.717) is 13.0 Å². The van der Waals surface area contributed by atoms with Crippen LogP contribution in [0.3, 0.4) is 0 Å². The van der Waals surface area contributed by atoms with E-state index >= 15 is 0 Å². The van der Waals surface area contributed by atoms with E-state index in [1.54, 1.807) is 11.0 Å². The summed E-state index contributed by atoms with van der Waals surface area (Å²) in [7, 11) is 0. The molecule has 3 aromatic rings. The summed E-state index contributed by atoms with van der Waals surface area (Å²) in [6.07, 6.45) is 1.83. The van der Waals surface area contributed by atoms with Crippen molar-refractivity contribution < 1.29 is 5.11 Å². The number of hydrogen-bond donors (Lipinski definition) is 2. The Hall–Kier alpha value is -2.14. The molecule has 0 saturated carbocycles. The second kappa shape index (κ2) is 5.33. The highest BCUT2D eigenvalue weighted by atomic mass is 16.3. The van der Waals surface area contributed by atoms with Crippen molar-refractivity contribution in [3.05, 3.63) is 35.8 Å². The van der Waals surface area contributed by atoms with E-state index in [1.165, 1.54) is 10.9 Å². The molecule has 5 nitrogen and oxygen atoms in total. The van der Waals surface area contributed by atoms with E-state index in [0.717, 1.165) is 22.6 Å². The third-order valence-electron chi connectivity index (χ3n) is 4.05. The van der Waals surface area contributed by atoms with Crippen molar-refractivity contribution in [2.45, 2.75) is 39.8 Å². The fourth-order valence-electron chi connectivity index (χ4n) is 2.60. The lowest BCUT2D eigenvalue weighted by atomic mass is 10.1. The first-order valence-electron chi connectivity index (χ1n) is 7.26. The number of rotatable bonds is 4. The zero-order valence-corrected chi connectivity index (χ0v) is 12.6. The number of aromatic nitrogens is 4. The Morgan fingerprint density at radius 3 is 2.90 bits per heavy atom. The Kier molecular flexibility index (Phi) is 3.51. The monoisotopic (exact) mass is 284 g/mol. The van der Waals surface area contributed by atoms with Gasteiger partial charge in [-0.05, 0) is 31.9 Å². The lowest BCUT2D eigenvalue weighted by Crippen LogP contribution is -2.16. The number of benzene rings is 1. The molecule has 110 valence electrons. The normalized spacial score (nSPS) is 13.0. The molecule has 3 rings (SSSR count). The van der Waals surface area contributed by atoms with Gasteiger partial charge in [-0.2, -0.15) is 5.10 Å². The molecular formula is C16H20N4O. The second-order valence-electron chi connectivity index (χ2n) is 5.43. The molecular weight excluding hydrogens is 264 g/mol. The molecule has 0 amide bonds. The predicted molar refractivity (Wildman–Crippen MR) is 83.1 cm³/mol. The van der Waals surface area contributed by atoms with Crippen molar-refractivity contribution >= 4 is 10.9 Å². The molecule has 0 spiro atoms. The fourth-order valence-corrected chi connectivity index (χ4v) is 2.60. The van der Waals surface area contributed by atoms with Crippen molar-refractivity contribution in [3.63, 3.8) is 0 Å². The Bertz CT molecular complexity index is 772. The maximum absolute atomic E-state index is 9.87. The summed E-state index contributed by atoms with van der Waals surface area (Å²) in [6.45, 7) is 6.61. The van der Waals surface area contributed by atoms with Gasteiger partial charge in [-0.15, -0.1) is 0 Å². The summed E-state index contributed by atoms with van der Waals surface area (Å²) >= 11 is 0. The van der Waals surface area contributed by atoms with E-state index in [-0.39, 0.29) is 0 Å². The molecule has 2 heterocycles. The quantitative estimate of drug-likeness (QED) is 0.774. The van der Waals surface area contributed by atoms with E-state index in [4.69, 9.17) is 0 Å². The standard InChI is InChI=1S/C16H20N4O/c1-4-12(21)8-20-16(17-9-18-20)14-7-5-6-13-10(2)11(3)19-15(13)14/h5-7,9,12,19,21H,4,8H2,1-3H3/t12-/m0/s1. The van der Waals surface area contributed by atoms with Crippen molar-refractivity contribution in [1.29, 1.82) is 0 Å². The molecule has 2 aromatic heterocycles. The van der Waals surface area contributed by atoms with Crippen LogP contribution in [0.15, 0.2) is 24.5 Å². The number of aryl methyl sites for hydroxylation is 2. The Balaban J connectivity index is 2.13. The van der Waals surface area contributed by atoms with Crippen molar-refractivity contribution in [3.8, 4) is 11.4 Å². The first kappa shape index (κ1) is 13.8. The average molecular weight is 284 g/mol. The van der Waals surface area contributed by atoms with Gasteiger partial charge in [0.1, 0.15) is 6.33 Å². The molecule has 0 aliphatic rings. The summed E-state index contributed by atoms with van der Waals surface area (Å²) in [5.74, 6) is 0.786. The summed E-state index contributed by atoms with van der Waals surface area (Å²) in [5.41, 5.74) is 4.51. The van der Waals surface area contributed by atoms with Crippen LogP contribution in [0.25, 0.3) is 22.3 Å². The molecule has 0 aliphatic carbocycles. The molecule has 1 aromatic carbocycles. The number of para-hydroxylation sites is 1. The van der Waals surface area contributed by atoms with Gasteiger partial charge in [0.05, 0.1) is 18.2 Å². The van der Waals surface area contributed by atoms with E-state index in [9.17, 15) is 5.11 Å². The third kappa shape index (κ3) is 2.34. The summed E-state index contributed by atoms with van der Waals surface area (Å²) in [5, 5.41) is 15.3. The Morgan fingerprint density at radius 1 is 1.33 bits per heavy atom. The van der Waals surface area contributed by atoms with Gasteiger partial charge in [-0.3, -0.25) is 0 Å². The van der Waals surface area contributed by atoms with E-state index in [2.05, 4.69) is 35.0 Å². The average Bonchev–Trinajstić information content (AvgIpc) is 3.05. The highest BCUT2D eigenvalue weighted by molar-refractivity contribution is 5.95. The first-order chi connectivity index (χ1) is 10.1. The van der Waals surface area contributed by atoms with Crippen molar-refractivity contribution in [2.24, 2.45) is 0 Å². The molecule has 0 radical (unpaired) electrons. The molecule has 2 N–H and O–H groups in total. The van der Waals surface area contributed by atoms with Crippen LogP contribution in [0, 0.1) is 13.8 Å². The number of aromatic amines is 1. The second-order valence-corrected chi connectivity index (χ2v) is 5.43. The van der Waals surface area contributed by atoms with Gasteiger partial charge in [-0.25, -0.2) is 9.67 Å². The molecule has 0 saturated heterocycles. The van der Waals surface area contributed by atoms with Gasteiger partial charge in [-0.1, -0.05) is 19.1 Å². The number of aliphatic hydroxyl groups is 1. The molecule has 0 fully saturated rings. The number of aliphatic hydroxyl groups excluding tert-OH is 1. The molecule has 0 unspecified atom stereocenters. The zero-order chi connectivity index (χ0) is 15.0. The molecule has 0 aliphatic heterocycles. The van der Waals surface area contributed by atoms with Crippen LogP contribution in [-0.4, -0.2) is 31.0 Å².